The number of benzene rings is 1. The predicted octanol–water partition coefficient (Wildman–Crippen LogP) is 2.08. The molecule has 33 heavy (non-hydrogen) atoms. The Kier molecular flexibility index (Phi) is 6.43. The van der Waals surface area contributed by atoms with Crippen molar-refractivity contribution < 1.29 is 13.2 Å². The van der Waals surface area contributed by atoms with Crippen LogP contribution in [0.5, 0.6) is 0 Å². The molecule has 0 saturated carbocycles. The van der Waals surface area contributed by atoms with Crippen LogP contribution in [-0.2, 0) is 14.8 Å². The molecule has 0 radical (unpaired) electrons. The van der Waals surface area contributed by atoms with Gasteiger partial charge in [-0.05, 0) is 43.3 Å². The Labute approximate surface area is 193 Å². The number of aromatic nitrogens is 4. The van der Waals surface area contributed by atoms with E-state index in [0.29, 0.717) is 43.5 Å². The Hall–Kier alpha value is -3.31. The molecule has 0 atom stereocenters. The summed E-state index contributed by atoms with van der Waals surface area (Å²) in [5, 5.41) is 11.4. The van der Waals surface area contributed by atoms with Crippen molar-refractivity contribution in [3.63, 3.8) is 0 Å². The standard InChI is InChI=1S/C22H27N7O3S/c1-16(2)22(30)24-18-4-6-19(7-5-18)33(31,32)28-14-12-27(13-15-28)20-8-9-21(26-25-20)29-11-10-23-17(29)3/h4-11,16H,12-15H2,1-3H3,(H,24,30). The molecule has 4 rings (SSSR count). The van der Waals surface area contributed by atoms with Gasteiger partial charge in [0.05, 0.1) is 4.90 Å². The van der Waals surface area contributed by atoms with E-state index >= 15 is 0 Å². The molecule has 11 heteroatoms. The Morgan fingerprint density at radius 1 is 0.970 bits per heavy atom. The topological polar surface area (TPSA) is 113 Å². The van der Waals surface area contributed by atoms with Crippen LogP contribution in [-0.4, -0.2) is 64.6 Å². The van der Waals surface area contributed by atoms with Crippen molar-refractivity contribution in [2.45, 2.75) is 25.7 Å². The lowest BCUT2D eigenvalue weighted by Gasteiger charge is -2.34. The third-order valence-corrected chi connectivity index (χ3v) is 7.47. The van der Waals surface area contributed by atoms with Crippen molar-refractivity contribution in [1.29, 1.82) is 0 Å². The molecular formula is C22H27N7O3S. The van der Waals surface area contributed by atoms with Crippen LogP contribution in [0, 0.1) is 12.8 Å². The van der Waals surface area contributed by atoms with E-state index in [2.05, 4.69) is 20.5 Å². The normalized spacial score (nSPS) is 15.1. The SMILES string of the molecule is Cc1nccn1-c1ccc(N2CCN(S(=O)(=O)c3ccc(NC(=O)C(C)C)cc3)CC2)nn1. The van der Waals surface area contributed by atoms with Gasteiger partial charge in [-0.1, -0.05) is 13.8 Å². The van der Waals surface area contributed by atoms with Crippen LogP contribution in [0.4, 0.5) is 11.5 Å². The highest BCUT2D eigenvalue weighted by Crippen LogP contribution is 2.22. The summed E-state index contributed by atoms with van der Waals surface area (Å²) in [6, 6.07) is 10.0. The highest BCUT2D eigenvalue weighted by atomic mass is 32.2. The van der Waals surface area contributed by atoms with Crippen molar-refractivity contribution in [3.05, 3.63) is 54.6 Å². The van der Waals surface area contributed by atoms with Crippen LogP contribution in [0.3, 0.4) is 0 Å². The van der Waals surface area contributed by atoms with Crippen LogP contribution in [0.15, 0.2) is 53.7 Å². The minimum atomic E-state index is -3.62. The van der Waals surface area contributed by atoms with Crippen molar-refractivity contribution in [2.75, 3.05) is 36.4 Å². The van der Waals surface area contributed by atoms with Crippen molar-refractivity contribution in [2.24, 2.45) is 5.92 Å². The number of anilines is 2. The van der Waals surface area contributed by atoms with Gasteiger partial charge in [0, 0.05) is 50.2 Å². The zero-order chi connectivity index (χ0) is 23.6. The molecular weight excluding hydrogens is 442 g/mol. The monoisotopic (exact) mass is 469 g/mol. The van der Waals surface area contributed by atoms with E-state index in [1.807, 2.05) is 34.7 Å². The average Bonchev–Trinajstić information content (AvgIpc) is 3.25. The number of rotatable bonds is 6. The number of amides is 1. The van der Waals surface area contributed by atoms with Crippen LogP contribution < -0.4 is 10.2 Å². The number of hydrogen-bond acceptors (Lipinski definition) is 7. The van der Waals surface area contributed by atoms with Gasteiger partial charge in [-0.2, -0.15) is 4.31 Å². The fourth-order valence-electron chi connectivity index (χ4n) is 3.54. The maximum Gasteiger partial charge on any atom is 0.243 e. The Balaban J connectivity index is 1.39. The van der Waals surface area contributed by atoms with Crippen LogP contribution in [0.1, 0.15) is 19.7 Å². The first kappa shape index (κ1) is 22.9. The zero-order valence-electron chi connectivity index (χ0n) is 18.8. The Bertz CT molecular complexity index is 1210. The highest BCUT2D eigenvalue weighted by molar-refractivity contribution is 7.89. The summed E-state index contributed by atoms with van der Waals surface area (Å²) in [5.74, 6) is 1.95. The lowest BCUT2D eigenvalue weighted by atomic mass is 10.2. The second kappa shape index (κ2) is 9.28. The lowest BCUT2D eigenvalue weighted by molar-refractivity contribution is -0.118. The summed E-state index contributed by atoms with van der Waals surface area (Å²) in [4.78, 5) is 18.2. The summed E-state index contributed by atoms with van der Waals surface area (Å²) >= 11 is 0. The molecule has 1 aliphatic heterocycles. The second-order valence-corrected chi connectivity index (χ2v) is 10.1. The van der Waals surface area contributed by atoms with Crippen LogP contribution in [0.2, 0.25) is 0 Å². The summed E-state index contributed by atoms with van der Waals surface area (Å²) in [6.45, 7) is 7.21. The molecule has 1 amide bonds. The fourth-order valence-corrected chi connectivity index (χ4v) is 4.96. The van der Waals surface area contributed by atoms with Crippen LogP contribution in [0.25, 0.3) is 5.82 Å². The molecule has 0 aliphatic carbocycles. The van der Waals surface area contributed by atoms with E-state index in [4.69, 9.17) is 0 Å². The maximum absolute atomic E-state index is 13.1. The van der Waals surface area contributed by atoms with Gasteiger partial charge in [0.1, 0.15) is 5.82 Å². The first-order valence-electron chi connectivity index (χ1n) is 10.8. The molecule has 3 aromatic rings. The number of aryl methyl sites for hydroxylation is 1. The van der Waals surface area contributed by atoms with E-state index in [1.165, 1.54) is 16.4 Å². The fraction of sp³-hybridized carbons (Fsp3) is 0.364. The molecule has 2 aromatic heterocycles. The van der Waals surface area contributed by atoms with E-state index in [-0.39, 0.29) is 16.7 Å². The summed E-state index contributed by atoms with van der Waals surface area (Å²) < 4.78 is 29.4. The van der Waals surface area contributed by atoms with E-state index in [1.54, 1.807) is 32.2 Å². The molecule has 1 aliphatic rings. The third kappa shape index (κ3) is 4.88. The van der Waals surface area contributed by atoms with Gasteiger partial charge in [-0.3, -0.25) is 9.36 Å². The van der Waals surface area contributed by atoms with Gasteiger partial charge in [-0.15, -0.1) is 10.2 Å². The number of sulfonamides is 1. The molecule has 0 spiro atoms. The van der Waals surface area contributed by atoms with Gasteiger partial charge in [0.25, 0.3) is 0 Å². The maximum atomic E-state index is 13.1. The van der Waals surface area contributed by atoms with Crippen molar-refractivity contribution >= 4 is 27.4 Å². The zero-order valence-corrected chi connectivity index (χ0v) is 19.7. The molecule has 1 fully saturated rings. The molecule has 3 heterocycles. The largest absolute Gasteiger partial charge is 0.352 e. The first-order valence-corrected chi connectivity index (χ1v) is 12.2. The quantitative estimate of drug-likeness (QED) is 0.588. The number of carbonyl (C=O) groups excluding carboxylic acids is 1. The highest BCUT2D eigenvalue weighted by Gasteiger charge is 2.29. The lowest BCUT2D eigenvalue weighted by Crippen LogP contribution is -2.49. The molecule has 10 nitrogen and oxygen atoms in total. The molecule has 1 N–H and O–H groups in total. The molecule has 1 aromatic carbocycles. The summed E-state index contributed by atoms with van der Waals surface area (Å²) in [5.41, 5.74) is 0.574. The number of imidazole rings is 1. The average molecular weight is 470 g/mol. The second-order valence-electron chi connectivity index (χ2n) is 8.15. The Morgan fingerprint density at radius 3 is 2.15 bits per heavy atom. The number of hydrogen-bond donors (Lipinski definition) is 1. The van der Waals surface area contributed by atoms with E-state index in [0.717, 1.165) is 5.82 Å². The van der Waals surface area contributed by atoms with E-state index in [9.17, 15) is 13.2 Å². The van der Waals surface area contributed by atoms with Gasteiger partial charge < -0.3 is 10.2 Å². The third-order valence-electron chi connectivity index (χ3n) is 5.56. The number of carbonyl (C=O) groups is 1. The van der Waals surface area contributed by atoms with Gasteiger partial charge in [0.2, 0.25) is 15.9 Å². The molecule has 0 unspecified atom stereocenters. The number of piperazine rings is 1. The first-order chi connectivity index (χ1) is 15.8. The van der Waals surface area contributed by atoms with Gasteiger partial charge >= 0.3 is 0 Å². The predicted molar refractivity (Wildman–Crippen MR) is 125 cm³/mol. The number of nitrogens with zero attached hydrogens (tertiary/aromatic N) is 6. The molecule has 1 saturated heterocycles. The van der Waals surface area contributed by atoms with Crippen molar-refractivity contribution in [3.8, 4) is 5.82 Å². The summed E-state index contributed by atoms with van der Waals surface area (Å²) in [7, 11) is -3.62. The molecule has 174 valence electrons. The minimum absolute atomic E-state index is 0.113. The Morgan fingerprint density at radius 2 is 1.61 bits per heavy atom. The number of nitrogens with one attached hydrogen (secondary N) is 1. The van der Waals surface area contributed by atoms with Crippen molar-refractivity contribution in [1.82, 2.24) is 24.1 Å². The van der Waals surface area contributed by atoms with E-state index < -0.39 is 10.0 Å². The molecule has 0 bridgehead atoms. The smallest absolute Gasteiger partial charge is 0.243 e. The van der Waals surface area contributed by atoms with Crippen LogP contribution >= 0.6 is 0 Å². The minimum Gasteiger partial charge on any atom is -0.352 e. The summed E-state index contributed by atoms with van der Waals surface area (Å²) in [6.07, 6.45) is 3.53. The van der Waals surface area contributed by atoms with Gasteiger partial charge in [0.15, 0.2) is 11.6 Å². The van der Waals surface area contributed by atoms with Gasteiger partial charge in [-0.25, -0.2) is 13.4 Å².